The fraction of sp³-hybridized carbons (Fsp3) is 0.333. The van der Waals surface area contributed by atoms with Crippen LogP contribution in [0.25, 0.3) is 6.08 Å². The lowest BCUT2D eigenvalue weighted by atomic mass is 9.95. The highest BCUT2D eigenvalue weighted by atomic mass is 32.2. The number of nitrogens with zero attached hydrogens (tertiary/aromatic N) is 3. The molecule has 2 fully saturated rings. The summed E-state index contributed by atoms with van der Waals surface area (Å²) in [6, 6.07) is 7.17. The van der Waals surface area contributed by atoms with Gasteiger partial charge in [0.25, 0.3) is 5.91 Å². The van der Waals surface area contributed by atoms with Crippen molar-refractivity contribution in [1.29, 1.82) is 0 Å². The number of carbonyl (C=O) groups excluding carboxylic acids is 2. The molecule has 2 aromatic rings. The van der Waals surface area contributed by atoms with Crippen molar-refractivity contribution in [3.63, 3.8) is 0 Å². The van der Waals surface area contributed by atoms with Crippen LogP contribution >= 0.6 is 35.3 Å². The molecule has 0 aliphatic carbocycles. The number of amides is 2. The number of likely N-dealkylation sites (tertiary alicyclic amines) is 1. The fourth-order valence-electron chi connectivity index (χ4n) is 3.78. The minimum absolute atomic E-state index is 0.00698. The second-order valence-corrected chi connectivity index (χ2v) is 9.73. The first-order valence-corrected chi connectivity index (χ1v) is 11.7. The van der Waals surface area contributed by atoms with Crippen LogP contribution < -0.4 is 0 Å². The standard InChI is InChI=1S/C21H21N3O2S3/c1-14(24-20(26)18(29-21(24)27)12-16-7-5-11-28-16)19(25)23-10-3-2-8-17(23)15-6-4-9-22-13-15/h4-7,9,11-14,17H,2-3,8,10H2,1H3/b18-12+. The molecule has 0 N–H and O–H groups in total. The SMILES string of the molecule is CC(C(=O)N1CCCCC1c1cccnc1)N1C(=O)/C(=C\c2cccs2)SC1=S. The Labute approximate surface area is 183 Å². The normalized spacial score (nSPS) is 22.4. The van der Waals surface area contributed by atoms with Crippen LogP contribution in [0.5, 0.6) is 0 Å². The van der Waals surface area contributed by atoms with E-state index < -0.39 is 6.04 Å². The number of piperidine rings is 1. The first kappa shape index (κ1) is 20.3. The highest BCUT2D eigenvalue weighted by Crippen LogP contribution is 2.36. The number of hydrogen-bond donors (Lipinski definition) is 0. The molecule has 4 rings (SSSR count). The Morgan fingerprint density at radius 1 is 1.34 bits per heavy atom. The number of thiocarbonyl (C=S) groups is 1. The Morgan fingerprint density at radius 2 is 2.21 bits per heavy atom. The van der Waals surface area contributed by atoms with Crippen molar-refractivity contribution in [1.82, 2.24) is 14.8 Å². The lowest BCUT2D eigenvalue weighted by Crippen LogP contribution is -2.51. The summed E-state index contributed by atoms with van der Waals surface area (Å²) < 4.78 is 0.439. The third-order valence-electron chi connectivity index (χ3n) is 5.24. The first-order chi connectivity index (χ1) is 14.1. The molecule has 8 heteroatoms. The van der Waals surface area contributed by atoms with Crippen molar-refractivity contribution >= 4 is 57.5 Å². The number of pyridine rings is 1. The molecule has 2 aromatic heterocycles. The van der Waals surface area contributed by atoms with Crippen LogP contribution in [0.15, 0.2) is 46.9 Å². The van der Waals surface area contributed by atoms with E-state index in [2.05, 4.69) is 4.98 Å². The molecule has 0 bridgehead atoms. The maximum atomic E-state index is 13.4. The molecule has 2 aliphatic heterocycles. The van der Waals surface area contributed by atoms with Crippen LogP contribution in [0.3, 0.4) is 0 Å². The van der Waals surface area contributed by atoms with Crippen LogP contribution in [-0.4, -0.2) is 43.5 Å². The average Bonchev–Trinajstić information content (AvgIpc) is 3.35. The van der Waals surface area contributed by atoms with Gasteiger partial charge in [0, 0.05) is 23.8 Å². The Hall–Kier alpha value is -2.03. The summed E-state index contributed by atoms with van der Waals surface area (Å²) in [6.07, 6.45) is 8.35. The van der Waals surface area contributed by atoms with E-state index in [4.69, 9.17) is 12.2 Å². The summed E-state index contributed by atoms with van der Waals surface area (Å²) in [5.41, 5.74) is 1.04. The van der Waals surface area contributed by atoms with Gasteiger partial charge in [-0.1, -0.05) is 36.1 Å². The number of thiophene rings is 1. The molecule has 2 aliphatic rings. The van der Waals surface area contributed by atoms with E-state index >= 15 is 0 Å². The van der Waals surface area contributed by atoms with Crippen LogP contribution in [0.2, 0.25) is 0 Å². The number of hydrogen-bond acceptors (Lipinski definition) is 6. The molecule has 150 valence electrons. The molecule has 0 saturated carbocycles. The molecule has 29 heavy (non-hydrogen) atoms. The molecule has 0 spiro atoms. The second-order valence-electron chi connectivity index (χ2n) is 7.07. The maximum Gasteiger partial charge on any atom is 0.266 e. The summed E-state index contributed by atoms with van der Waals surface area (Å²) in [6.45, 7) is 2.46. The van der Waals surface area contributed by atoms with Crippen molar-refractivity contribution in [2.24, 2.45) is 0 Å². The average molecular weight is 444 g/mol. The number of thioether (sulfide) groups is 1. The smallest absolute Gasteiger partial charge is 0.266 e. The zero-order chi connectivity index (χ0) is 20.4. The minimum Gasteiger partial charge on any atom is -0.334 e. The zero-order valence-electron chi connectivity index (χ0n) is 16.0. The molecule has 2 amide bonds. The van der Waals surface area contributed by atoms with Gasteiger partial charge in [0.1, 0.15) is 10.4 Å². The van der Waals surface area contributed by atoms with Gasteiger partial charge in [0.15, 0.2) is 0 Å². The fourth-order valence-corrected chi connectivity index (χ4v) is 5.92. The predicted octanol–water partition coefficient (Wildman–Crippen LogP) is 4.49. The van der Waals surface area contributed by atoms with Crippen LogP contribution in [-0.2, 0) is 9.59 Å². The quantitative estimate of drug-likeness (QED) is 0.515. The van der Waals surface area contributed by atoms with Gasteiger partial charge in [-0.3, -0.25) is 19.5 Å². The van der Waals surface area contributed by atoms with Gasteiger partial charge >= 0.3 is 0 Å². The summed E-state index contributed by atoms with van der Waals surface area (Å²) in [4.78, 5) is 35.5. The van der Waals surface area contributed by atoms with Crippen molar-refractivity contribution in [3.8, 4) is 0 Å². The monoisotopic (exact) mass is 443 g/mol. The zero-order valence-corrected chi connectivity index (χ0v) is 18.4. The Balaban J connectivity index is 1.55. The predicted molar refractivity (Wildman–Crippen MR) is 121 cm³/mol. The van der Waals surface area contributed by atoms with E-state index in [-0.39, 0.29) is 17.9 Å². The van der Waals surface area contributed by atoms with Crippen LogP contribution in [0.1, 0.15) is 42.7 Å². The minimum atomic E-state index is -0.631. The molecule has 4 heterocycles. The molecule has 0 aromatic carbocycles. The second kappa shape index (κ2) is 8.77. The molecular weight excluding hydrogens is 422 g/mol. The molecular formula is C21H21N3O2S3. The van der Waals surface area contributed by atoms with E-state index in [1.54, 1.807) is 24.5 Å². The summed E-state index contributed by atoms with van der Waals surface area (Å²) in [7, 11) is 0. The Morgan fingerprint density at radius 3 is 2.93 bits per heavy atom. The molecule has 0 radical (unpaired) electrons. The number of carbonyl (C=O) groups is 2. The maximum absolute atomic E-state index is 13.4. The highest BCUT2D eigenvalue weighted by Gasteiger charge is 2.41. The van der Waals surface area contributed by atoms with E-state index in [0.29, 0.717) is 15.8 Å². The van der Waals surface area contributed by atoms with E-state index in [0.717, 1.165) is 29.7 Å². The first-order valence-electron chi connectivity index (χ1n) is 9.57. The van der Waals surface area contributed by atoms with Crippen molar-refractivity contribution in [2.45, 2.75) is 38.3 Å². The molecule has 2 unspecified atom stereocenters. The highest BCUT2D eigenvalue weighted by molar-refractivity contribution is 8.26. The molecule has 5 nitrogen and oxygen atoms in total. The Bertz CT molecular complexity index is 943. The van der Waals surface area contributed by atoms with Crippen LogP contribution in [0.4, 0.5) is 0 Å². The van der Waals surface area contributed by atoms with Crippen molar-refractivity contribution in [3.05, 3.63) is 57.4 Å². The van der Waals surface area contributed by atoms with Gasteiger partial charge in [-0.05, 0) is 55.3 Å². The summed E-state index contributed by atoms with van der Waals surface area (Å²) in [5.74, 6) is -0.253. The number of rotatable bonds is 4. The molecule has 2 saturated heterocycles. The largest absolute Gasteiger partial charge is 0.334 e. The van der Waals surface area contributed by atoms with Crippen molar-refractivity contribution in [2.75, 3.05) is 6.54 Å². The van der Waals surface area contributed by atoms with Gasteiger partial charge in [-0.2, -0.15) is 0 Å². The summed E-state index contributed by atoms with van der Waals surface area (Å²) in [5, 5.41) is 1.97. The summed E-state index contributed by atoms with van der Waals surface area (Å²) >= 11 is 8.29. The van der Waals surface area contributed by atoms with Gasteiger partial charge in [-0.15, -0.1) is 11.3 Å². The Kier molecular flexibility index (Phi) is 6.12. The van der Waals surface area contributed by atoms with E-state index in [1.807, 2.05) is 46.8 Å². The van der Waals surface area contributed by atoms with Gasteiger partial charge < -0.3 is 4.90 Å². The topological polar surface area (TPSA) is 53.5 Å². The van der Waals surface area contributed by atoms with E-state index in [1.165, 1.54) is 16.7 Å². The number of aromatic nitrogens is 1. The van der Waals surface area contributed by atoms with Gasteiger partial charge in [0.05, 0.1) is 10.9 Å². The lowest BCUT2D eigenvalue weighted by molar-refractivity contribution is -0.142. The van der Waals surface area contributed by atoms with Crippen LogP contribution in [0, 0.1) is 0 Å². The van der Waals surface area contributed by atoms with E-state index in [9.17, 15) is 9.59 Å². The van der Waals surface area contributed by atoms with Crippen molar-refractivity contribution < 1.29 is 9.59 Å². The molecule has 2 atom stereocenters. The third kappa shape index (κ3) is 4.15. The lowest BCUT2D eigenvalue weighted by Gasteiger charge is -2.38. The van der Waals surface area contributed by atoms with Gasteiger partial charge in [-0.25, -0.2) is 0 Å². The van der Waals surface area contributed by atoms with Gasteiger partial charge in [0.2, 0.25) is 5.91 Å². The third-order valence-corrected chi connectivity index (χ3v) is 7.39.